The van der Waals surface area contributed by atoms with Gasteiger partial charge in [-0.05, 0) is 37.1 Å². The van der Waals surface area contributed by atoms with E-state index in [1.165, 1.54) is 6.42 Å². The Morgan fingerprint density at radius 2 is 1.59 bits per heavy atom. The van der Waals surface area contributed by atoms with Crippen molar-refractivity contribution >= 4 is 17.5 Å². The van der Waals surface area contributed by atoms with Crippen LogP contribution in [-0.2, 0) is 4.79 Å². The number of nitrogens with zero attached hydrogens (tertiary/aromatic N) is 2. The minimum Gasteiger partial charge on any atom is -0.448 e. The Labute approximate surface area is 188 Å². The van der Waals surface area contributed by atoms with Crippen LogP contribution in [0.3, 0.4) is 0 Å². The molecule has 3 aliphatic rings. The number of hydrogen-bond donors (Lipinski definition) is 1. The molecule has 0 aromatic heterocycles. The average Bonchev–Trinajstić information content (AvgIpc) is 3.16. The van der Waals surface area contributed by atoms with E-state index in [1.54, 1.807) is 0 Å². The Kier molecular flexibility index (Phi) is 5.74. The minimum absolute atomic E-state index is 0.0470. The molecule has 1 saturated carbocycles. The minimum atomic E-state index is -0.514. The number of piperazine rings is 1. The number of fused-ring (bicyclic) bond motifs is 1. The quantitative estimate of drug-likeness (QED) is 0.796. The summed E-state index contributed by atoms with van der Waals surface area (Å²) in [6.45, 7) is 2.89. The zero-order valence-electron chi connectivity index (χ0n) is 18.2. The summed E-state index contributed by atoms with van der Waals surface area (Å²) in [4.78, 5) is 29.1. The molecule has 0 bridgehead atoms. The number of benzene rings is 2. The number of anilines is 1. The fourth-order valence-electron chi connectivity index (χ4n) is 4.74. The molecule has 1 aliphatic carbocycles. The van der Waals surface area contributed by atoms with E-state index < -0.39 is 5.79 Å². The zero-order chi connectivity index (χ0) is 22.0. The van der Waals surface area contributed by atoms with Crippen LogP contribution in [0, 0.1) is 0 Å². The molecule has 2 aliphatic heterocycles. The van der Waals surface area contributed by atoms with E-state index in [1.807, 2.05) is 53.4 Å². The van der Waals surface area contributed by atoms with Crippen LogP contribution in [0.4, 0.5) is 5.69 Å². The molecule has 2 fully saturated rings. The van der Waals surface area contributed by atoms with E-state index in [0.29, 0.717) is 49.7 Å². The summed E-state index contributed by atoms with van der Waals surface area (Å²) in [7, 11) is 0. The molecule has 2 heterocycles. The second-order valence-corrected chi connectivity index (χ2v) is 8.82. The first kappa shape index (κ1) is 20.8. The SMILES string of the molecule is O=C(CN1CCN(C(=O)c2ccccc2)CC1)Nc1ccc2c(c1)OC1(CCCCC1)O2. The first-order valence-electron chi connectivity index (χ1n) is 11.5. The van der Waals surface area contributed by atoms with Crippen molar-refractivity contribution in [3.8, 4) is 11.5 Å². The van der Waals surface area contributed by atoms with Crippen LogP contribution in [0.25, 0.3) is 0 Å². The van der Waals surface area contributed by atoms with Gasteiger partial charge in [-0.15, -0.1) is 0 Å². The van der Waals surface area contributed by atoms with Crippen LogP contribution in [0.2, 0.25) is 0 Å². The first-order chi connectivity index (χ1) is 15.6. The molecule has 0 radical (unpaired) electrons. The van der Waals surface area contributed by atoms with Crippen LogP contribution < -0.4 is 14.8 Å². The van der Waals surface area contributed by atoms with E-state index in [9.17, 15) is 9.59 Å². The summed E-state index contributed by atoms with van der Waals surface area (Å²) in [6, 6.07) is 14.9. The molecule has 0 atom stereocenters. The number of carbonyl (C=O) groups excluding carboxylic acids is 2. The normalized spacial score (nSPS) is 19.7. The number of ether oxygens (including phenoxy) is 2. The van der Waals surface area contributed by atoms with Gasteiger partial charge in [-0.3, -0.25) is 14.5 Å². The van der Waals surface area contributed by atoms with E-state index in [0.717, 1.165) is 31.4 Å². The van der Waals surface area contributed by atoms with Crippen molar-refractivity contribution in [2.75, 3.05) is 38.0 Å². The molecule has 7 nitrogen and oxygen atoms in total. The van der Waals surface area contributed by atoms with Gasteiger partial charge >= 0.3 is 0 Å². The Bertz CT molecular complexity index is 980. The standard InChI is InChI=1S/C25H29N3O4/c29-23(18-27-13-15-28(16-14-27)24(30)19-7-3-1-4-8-19)26-20-9-10-21-22(17-20)32-25(31-21)11-5-2-6-12-25/h1,3-4,7-10,17H,2,5-6,11-16,18H2,(H,26,29). The van der Waals surface area contributed by atoms with Gasteiger partial charge in [0, 0.05) is 56.3 Å². The molecule has 2 aromatic carbocycles. The van der Waals surface area contributed by atoms with Crippen LogP contribution in [0.15, 0.2) is 48.5 Å². The summed E-state index contributed by atoms with van der Waals surface area (Å²) < 4.78 is 12.3. The van der Waals surface area contributed by atoms with Crippen molar-refractivity contribution in [2.45, 2.75) is 37.9 Å². The Balaban J connectivity index is 1.12. The van der Waals surface area contributed by atoms with Crippen LogP contribution in [-0.4, -0.2) is 60.1 Å². The highest BCUT2D eigenvalue weighted by Crippen LogP contribution is 2.46. The number of hydrogen-bond acceptors (Lipinski definition) is 5. The number of nitrogens with one attached hydrogen (secondary N) is 1. The third-order valence-corrected chi connectivity index (χ3v) is 6.48. The maximum atomic E-state index is 12.6. The van der Waals surface area contributed by atoms with Crippen LogP contribution in [0.1, 0.15) is 42.5 Å². The summed E-state index contributed by atoms with van der Waals surface area (Å²) in [5, 5.41) is 2.97. The average molecular weight is 436 g/mol. The molecule has 32 heavy (non-hydrogen) atoms. The lowest BCUT2D eigenvalue weighted by Gasteiger charge is -2.34. The first-order valence-corrected chi connectivity index (χ1v) is 11.5. The molecule has 1 N–H and O–H groups in total. The summed E-state index contributed by atoms with van der Waals surface area (Å²) in [5.74, 6) is 0.923. The molecule has 2 aromatic rings. The van der Waals surface area contributed by atoms with E-state index in [-0.39, 0.29) is 11.8 Å². The van der Waals surface area contributed by atoms with Crippen molar-refractivity contribution in [1.29, 1.82) is 0 Å². The van der Waals surface area contributed by atoms with Gasteiger partial charge in [-0.2, -0.15) is 0 Å². The van der Waals surface area contributed by atoms with Gasteiger partial charge in [0.05, 0.1) is 6.54 Å². The maximum absolute atomic E-state index is 12.6. The Morgan fingerprint density at radius 1 is 0.875 bits per heavy atom. The fourth-order valence-corrected chi connectivity index (χ4v) is 4.74. The predicted molar refractivity (Wildman–Crippen MR) is 121 cm³/mol. The third kappa shape index (κ3) is 4.43. The molecule has 5 rings (SSSR count). The van der Waals surface area contributed by atoms with Crippen molar-refractivity contribution < 1.29 is 19.1 Å². The molecule has 168 valence electrons. The molecular formula is C25H29N3O4. The van der Waals surface area contributed by atoms with Gasteiger partial charge in [0.2, 0.25) is 5.91 Å². The molecule has 2 amide bonds. The lowest BCUT2D eigenvalue weighted by Crippen LogP contribution is -2.50. The summed E-state index contributed by atoms with van der Waals surface area (Å²) >= 11 is 0. The van der Waals surface area contributed by atoms with Crippen LogP contribution in [0.5, 0.6) is 11.5 Å². The Hall–Kier alpha value is -3.06. The maximum Gasteiger partial charge on any atom is 0.253 e. The molecule has 1 spiro atoms. The van der Waals surface area contributed by atoms with Gasteiger partial charge in [0.25, 0.3) is 11.7 Å². The smallest absolute Gasteiger partial charge is 0.253 e. The van der Waals surface area contributed by atoms with E-state index in [2.05, 4.69) is 10.2 Å². The Morgan fingerprint density at radius 3 is 2.34 bits per heavy atom. The van der Waals surface area contributed by atoms with Crippen molar-refractivity contribution in [3.05, 3.63) is 54.1 Å². The van der Waals surface area contributed by atoms with E-state index in [4.69, 9.17) is 9.47 Å². The highest BCUT2D eigenvalue weighted by atomic mass is 16.7. The molecule has 1 saturated heterocycles. The lowest BCUT2D eigenvalue weighted by atomic mass is 9.94. The van der Waals surface area contributed by atoms with Gasteiger partial charge in [-0.1, -0.05) is 24.6 Å². The van der Waals surface area contributed by atoms with Gasteiger partial charge in [0.15, 0.2) is 11.5 Å². The molecular weight excluding hydrogens is 406 g/mol. The van der Waals surface area contributed by atoms with Crippen molar-refractivity contribution in [3.63, 3.8) is 0 Å². The summed E-state index contributed by atoms with van der Waals surface area (Å²) in [5.41, 5.74) is 1.42. The van der Waals surface area contributed by atoms with Gasteiger partial charge < -0.3 is 19.7 Å². The predicted octanol–water partition coefficient (Wildman–Crippen LogP) is 3.51. The lowest BCUT2D eigenvalue weighted by molar-refractivity contribution is -0.117. The fraction of sp³-hybridized carbons (Fsp3) is 0.440. The molecule has 7 heteroatoms. The molecule has 0 unspecified atom stereocenters. The monoisotopic (exact) mass is 435 g/mol. The third-order valence-electron chi connectivity index (χ3n) is 6.48. The highest BCUT2D eigenvalue weighted by Gasteiger charge is 2.42. The highest BCUT2D eigenvalue weighted by molar-refractivity contribution is 5.94. The zero-order valence-corrected chi connectivity index (χ0v) is 18.2. The van der Waals surface area contributed by atoms with Crippen molar-refractivity contribution in [2.24, 2.45) is 0 Å². The topological polar surface area (TPSA) is 71.1 Å². The van der Waals surface area contributed by atoms with Gasteiger partial charge in [0.1, 0.15) is 0 Å². The van der Waals surface area contributed by atoms with Crippen LogP contribution >= 0.6 is 0 Å². The second-order valence-electron chi connectivity index (χ2n) is 8.82. The van der Waals surface area contributed by atoms with Gasteiger partial charge in [-0.25, -0.2) is 0 Å². The number of rotatable bonds is 4. The summed E-state index contributed by atoms with van der Waals surface area (Å²) in [6.07, 6.45) is 5.26. The second kappa shape index (κ2) is 8.82. The number of carbonyl (C=O) groups is 2. The largest absolute Gasteiger partial charge is 0.448 e. The van der Waals surface area contributed by atoms with Crippen molar-refractivity contribution in [1.82, 2.24) is 9.80 Å². The van der Waals surface area contributed by atoms with E-state index >= 15 is 0 Å². The number of amides is 2.